The Morgan fingerprint density at radius 2 is 2.07 bits per heavy atom. The van der Waals surface area contributed by atoms with Crippen LogP contribution in [0.15, 0.2) is 35.6 Å². The van der Waals surface area contributed by atoms with Crippen LogP contribution in [0.25, 0.3) is 0 Å². The van der Waals surface area contributed by atoms with Gasteiger partial charge in [0.2, 0.25) is 15.0 Å². The van der Waals surface area contributed by atoms with Gasteiger partial charge in [-0.2, -0.15) is 0 Å². The van der Waals surface area contributed by atoms with Crippen molar-refractivity contribution in [1.82, 2.24) is 14.5 Å². The SMILES string of the molecule is CCCS(=O)(=O)c1ncc(CN2CCc3ccccc3C2)n1CC1CCCO1. The molecule has 1 unspecified atom stereocenters. The van der Waals surface area contributed by atoms with Crippen LogP contribution in [0, 0.1) is 0 Å². The molecule has 0 aliphatic carbocycles. The molecule has 2 aromatic rings. The van der Waals surface area contributed by atoms with Gasteiger partial charge in [-0.1, -0.05) is 31.2 Å². The molecule has 7 heteroatoms. The van der Waals surface area contributed by atoms with Gasteiger partial charge < -0.3 is 9.30 Å². The van der Waals surface area contributed by atoms with Gasteiger partial charge in [-0.05, 0) is 36.8 Å². The average Bonchev–Trinajstić information content (AvgIpc) is 3.33. The Bertz CT molecular complexity index is 917. The van der Waals surface area contributed by atoms with Crippen molar-refractivity contribution in [2.75, 3.05) is 18.9 Å². The van der Waals surface area contributed by atoms with E-state index < -0.39 is 9.84 Å². The molecule has 3 heterocycles. The summed E-state index contributed by atoms with van der Waals surface area (Å²) in [4.78, 5) is 6.73. The Hall–Kier alpha value is -1.70. The maximum Gasteiger partial charge on any atom is 0.227 e. The minimum atomic E-state index is -3.37. The van der Waals surface area contributed by atoms with Gasteiger partial charge in [0, 0.05) is 26.2 Å². The molecule has 1 aromatic carbocycles. The van der Waals surface area contributed by atoms with Crippen LogP contribution in [-0.2, 0) is 40.6 Å². The Morgan fingerprint density at radius 1 is 1.25 bits per heavy atom. The summed E-state index contributed by atoms with van der Waals surface area (Å²) in [6.45, 7) is 5.77. The fourth-order valence-corrected chi connectivity index (χ4v) is 5.69. The van der Waals surface area contributed by atoms with E-state index in [1.54, 1.807) is 6.20 Å². The predicted octanol–water partition coefficient (Wildman–Crippen LogP) is 2.80. The van der Waals surface area contributed by atoms with Crippen molar-refractivity contribution < 1.29 is 13.2 Å². The third-order valence-corrected chi connectivity index (χ3v) is 7.49. The maximum atomic E-state index is 12.8. The molecule has 4 rings (SSSR count). The summed E-state index contributed by atoms with van der Waals surface area (Å²) in [6.07, 6.45) is 5.45. The lowest BCUT2D eigenvalue weighted by atomic mass is 10.00. The van der Waals surface area contributed by atoms with Crippen molar-refractivity contribution in [2.24, 2.45) is 0 Å². The zero-order valence-electron chi connectivity index (χ0n) is 16.5. The van der Waals surface area contributed by atoms with Crippen LogP contribution in [0.1, 0.15) is 43.0 Å². The van der Waals surface area contributed by atoms with Crippen LogP contribution in [-0.4, -0.2) is 47.9 Å². The lowest BCUT2D eigenvalue weighted by molar-refractivity contribution is 0.0931. The zero-order chi connectivity index (χ0) is 19.6. The molecule has 152 valence electrons. The van der Waals surface area contributed by atoms with Crippen molar-refractivity contribution in [1.29, 1.82) is 0 Å². The summed E-state index contributed by atoms with van der Waals surface area (Å²) in [5.41, 5.74) is 3.74. The minimum Gasteiger partial charge on any atom is -0.376 e. The number of sulfone groups is 1. The third kappa shape index (κ3) is 4.16. The van der Waals surface area contributed by atoms with Crippen molar-refractivity contribution in [2.45, 2.75) is 63.5 Å². The van der Waals surface area contributed by atoms with Crippen molar-refractivity contribution in [3.05, 3.63) is 47.3 Å². The predicted molar refractivity (Wildman–Crippen MR) is 108 cm³/mol. The summed E-state index contributed by atoms with van der Waals surface area (Å²) in [6, 6.07) is 8.56. The second kappa shape index (κ2) is 8.35. The molecular weight excluding hydrogens is 374 g/mol. The van der Waals surface area contributed by atoms with Crippen molar-refractivity contribution in [3.8, 4) is 0 Å². The number of ether oxygens (including phenoxy) is 1. The summed E-state index contributed by atoms with van der Waals surface area (Å²) in [5, 5.41) is 0.206. The molecule has 0 bridgehead atoms. The van der Waals surface area contributed by atoms with Crippen LogP contribution in [0.4, 0.5) is 0 Å². The number of aromatic nitrogens is 2. The van der Waals surface area contributed by atoms with E-state index in [-0.39, 0.29) is 17.0 Å². The van der Waals surface area contributed by atoms with E-state index >= 15 is 0 Å². The molecular formula is C21H29N3O3S. The number of fused-ring (bicyclic) bond motifs is 1. The van der Waals surface area contributed by atoms with Gasteiger partial charge in [0.15, 0.2) is 0 Å². The molecule has 2 aliphatic rings. The molecule has 1 saturated heterocycles. The number of rotatable bonds is 7. The van der Waals surface area contributed by atoms with Crippen LogP contribution < -0.4 is 0 Å². The number of hydrogen-bond donors (Lipinski definition) is 0. The number of imidazole rings is 1. The average molecular weight is 404 g/mol. The molecule has 0 amide bonds. The molecule has 1 atom stereocenters. The zero-order valence-corrected chi connectivity index (χ0v) is 17.3. The normalized spacial score (nSPS) is 20.4. The number of benzene rings is 1. The molecule has 28 heavy (non-hydrogen) atoms. The van der Waals surface area contributed by atoms with Gasteiger partial charge >= 0.3 is 0 Å². The smallest absolute Gasteiger partial charge is 0.227 e. The van der Waals surface area contributed by atoms with E-state index in [0.717, 1.165) is 44.7 Å². The lowest BCUT2D eigenvalue weighted by Crippen LogP contribution is -2.31. The Morgan fingerprint density at radius 3 is 2.82 bits per heavy atom. The van der Waals surface area contributed by atoms with E-state index in [9.17, 15) is 8.42 Å². The van der Waals surface area contributed by atoms with Gasteiger partial charge in [-0.3, -0.25) is 4.90 Å². The first kappa shape index (κ1) is 19.6. The molecule has 0 N–H and O–H groups in total. The second-order valence-electron chi connectivity index (χ2n) is 7.83. The van der Waals surface area contributed by atoms with Crippen molar-refractivity contribution in [3.63, 3.8) is 0 Å². The fraction of sp³-hybridized carbons (Fsp3) is 0.571. The molecule has 0 spiro atoms. The lowest BCUT2D eigenvalue weighted by Gasteiger charge is -2.29. The summed E-state index contributed by atoms with van der Waals surface area (Å²) in [7, 11) is -3.37. The Balaban J connectivity index is 1.58. The quantitative estimate of drug-likeness (QED) is 0.711. The number of hydrogen-bond acceptors (Lipinski definition) is 5. The van der Waals surface area contributed by atoms with Gasteiger partial charge in [0.25, 0.3) is 0 Å². The largest absolute Gasteiger partial charge is 0.376 e. The van der Waals surface area contributed by atoms with Gasteiger partial charge in [-0.15, -0.1) is 0 Å². The highest BCUT2D eigenvalue weighted by Gasteiger charge is 2.27. The van der Waals surface area contributed by atoms with Gasteiger partial charge in [0.1, 0.15) is 0 Å². The number of nitrogens with zero attached hydrogens (tertiary/aromatic N) is 3. The van der Waals surface area contributed by atoms with E-state index in [1.807, 2.05) is 11.5 Å². The first-order chi connectivity index (χ1) is 13.6. The van der Waals surface area contributed by atoms with E-state index in [0.29, 0.717) is 19.5 Å². The van der Waals surface area contributed by atoms with E-state index in [2.05, 4.69) is 34.1 Å². The summed E-state index contributed by atoms with van der Waals surface area (Å²) >= 11 is 0. The highest BCUT2D eigenvalue weighted by Crippen LogP contribution is 2.24. The van der Waals surface area contributed by atoms with Crippen LogP contribution in [0.2, 0.25) is 0 Å². The first-order valence-corrected chi connectivity index (χ1v) is 11.9. The van der Waals surface area contributed by atoms with Gasteiger partial charge in [-0.25, -0.2) is 13.4 Å². The van der Waals surface area contributed by atoms with E-state index in [4.69, 9.17) is 4.74 Å². The second-order valence-corrected chi connectivity index (χ2v) is 9.83. The standard InChI is InChI=1S/C21H29N3O3S/c1-2-12-28(25,26)21-22-13-19(24(21)16-20-8-5-11-27-20)15-23-10-9-17-6-3-4-7-18(17)14-23/h3-4,6-7,13,20H,2,5,8-12,14-16H2,1H3. The molecule has 1 fully saturated rings. The highest BCUT2D eigenvalue weighted by atomic mass is 32.2. The highest BCUT2D eigenvalue weighted by molar-refractivity contribution is 7.91. The molecule has 0 radical (unpaired) electrons. The fourth-order valence-electron chi connectivity index (χ4n) is 4.23. The summed E-state index contributed by atoms with van der Waals surface area (Å²) < 4.78 is 33.2. The topological polar surface area (TPSA) is 64.4 Å². The third-order valence-electron chi connectivity index (χ3n) is 5.66. The first-order valence-electron chi connectivity index (χ1n) is 10.2. The van der Waals surface area contributed by atoms with Crippen molar-refractivity contribution >= 4 is 9.84 Å². The van der Waals surface area contributed by atoms with E-state index in [1.165, 1.54) is 11.1 Å². The molecule has 6 nitrogen and oxygen atoms in total. The van der Waals surface area contributed by atoms with Gasteiger partial charge in [0.05, 0.1) is 30.3 Å². The minimum absolute atomic E-state index is 0.0746. The summed E-state index contributed by atoms with van der Waals surface area (Å²) in [5.74, 6) is 0.131. The monoisotopic (exact) mass is 403 g/mol. The Labute approximate surface area is 167 Å². The molecule has 0 saturated carbocycles. The van der Waals surface area contributed by atoms with Crippen LogP contribution >= 0.6 is 0 Å². The van der Waals surface area contributed by atoms with Crippen LogP contribution in [0.3, 0.4) is 0 Å². The molecule has 2 aliphatic heterocycles. The maximum absolute atomic E-state index is 12.8. The van der Waals surface area contributed by atoms with Crippen LogP contribution in [0.5, 0.6) is 0 Å². The molecule has 1 aromatic heterocycles. The Kier molecular flexibility index (Phi) is 5.85.